The SMILES string of the molecule is CC(CN)N(C)C(=O)c1cc2c([nH]c1=O)CC(C)(C)CC2=O.Cl. The monoisotopic (exact) mass is 341 g/mol. The molecule has 0 fully saturated rings. The van der Waals surface area contributed by atoms with Gasteiger partial charge in [0.25, 0.3) is 11.5 Å². The molecular formula is C16H24ClN3O3. The first-order valence-corrected chi connectivity index (χ1v) is 7.43. The maximum atomic E-state index is 12.4. The van der Waals surface area contributed by atoms with Crippen LogP contribution < -0.4 is 11.3 Å². The molecule has 1 unspecified atom stereocenters. The number of H-pyrrole nitrogens is 1. The van der Waals surface area contributed by atoms with Crippen LogP contribution in [0.2, 0.25) is 0 Å². The van der Waals surface area contributed by atoms with Crippen LogP contribution in [0.3, 0.4) is 0 Å². The largest absolute Gasteiger partial charge is 0.338 e. The molecule has 2 rings (SSSR count). The van der Waals surface area contributed by atoms with Crippen LogP contribution in [-0.4, -0.2) is 41.2 Å². The van der Waals surface area contributed by atoms with Gasteiger partial charge in [-0.1, -0.05) is 13.8 Å². The minimum Gasteiger partial charge on any atom is -0.338 e. The van der Waals surface area contributed by atoms with Crippen molar-refractivity contribution in [1.82, 2.24) is 9.88 Å². The maximum absolute atomic E-state index is 12.4. The predicted octanol–water partition coefficient (Wildman–Crippen LogP) is 1.37. The van der Waals surface area contributed by atoms with Crippen LogP contribution in [0.15, 0.2) is 10.9 Å². The number of amides is 1. The number of nitrogens with zero attached hydrogens (tertiary/aromatic N) is 1. The quantitative estimate of drug-likeness (QED) is 0.867. The highest BCUT2D eigenvalue weighted by molar-refractivity contribution is 6.02. The average Bonchev–Trinajstić information content (AvgIpc) is 2.43. The molecule has 128 valence electrons. The van der Waals surface area contributed by atoms with Gasteiger partial charge in [-0.3, -0.25) is 14.4 Å². The first-order valence-electron chi connectivity index (χ1n) is 7.43. The number of aromatic nitrogens is 1. The molecule has 0 saturated heterocycles. The van der Waals surface area contributed by atoms with Crippen LogP contribution in [0.5, 0.6) is 0 Å². The Bertz CT molecular complexity index is 682. The number of pyridine rings is 1. The summed E-state index contributed by atoms with van der Waals surface area (Å²) in [5.41, 5.74) is 6.00. The smallest absolute Gasteiger partial charge is 0.261 e. The summed E-state index contributed by atoms with van der Waals surface area (Å²) in [5, 5.41) is 0. The Kier molecular flexibility index (Phi) is 5.77. The number of aromatic amines is 1. The summed E-state index contributed by atoms with van der Waals surface area (Å²) in [5.74, 6) is -0.453. The van der Waals surface area contributed by atoms with Gasteiger partial charge in [0.1, 0.15) is 5.56 Å². The minimum atomic E-state index is -0.453. The lowest BCUT2D eigenvalue weighted by molar-refractivity contribution is 0.0746. The predicted molar refractivity (Wildman–Crippen MR) is 91.4 cm³/mol. The number of halogens is 1. The minimum absolute atomic E-state index is 0. The van der Waals surface area contributed by atoms with Crippen LogP contribution in [0.1, 0.15) is 53.6 Å². The lowest BCUT2D eigenvalue weighted by atomic mass is 9.75. The van der Waals surface area contributed by atoms with Crippen molar-refractivity contribution < 1.29 is 9.59 Å². The first-order chi connectivity index (χ1) is 10.2. The summed E-state index contributed by atoms with van der Waals surface area (Å²) >= 11 is 0. The molecule has 7 heteroatoms. The fourth-order valence-corrected chi connectivity index (χ4v) is 2.73. The Labute approximate surface area is 141 Å². The van der Waals surface area contributed by atoms with Gasteiger partial charge in [0.2, 0.25) is 0 Å². The molecule has 0 bridgehead atoms. The molecule has 3 N–H and O–H groups in total. The molecule has 1 aliphatic rings. The summed E-state index contributed by atoms with van der Waals surface area (Å²) in [6.45, 7) is 6.08. The van der Waals surface area contributed by atoms with Gasteiger partial charge in [-0.15, -0.1) is 12.4 Å². The summed E-state index contributed by atoms with van der Waals surface area (Å²) in [6.07, 6.45) is 1.03. The highest BCUT2D eigenvalue weighted by Crippen LogP contribution is 2.33. The average molecular weight is 342 g/mol. The van der Waals surface area contributed by atoms with Gasteiger partial charge >= 0.3 is 0 Å². The number of rotatable bonds is 3. The zero-order chi connectivity index (χ0) is 16.7. The number of likely N-dealkylation sites (N-methyl/N-ethyl adjacent to an activating group) is 1. The van der Waals surface area contributed by atoms with Crippen molar-refractivity contribution >= 4 is 24.1 Å². The molecule has 23 heavy (non-hydrogen) atoms. The van der Waals surface area contributed by atoms with E-state index in [0.29, 0.717) is 30.6 Å². The van der Waals surface area contributed by atoms with Gasteiger partial charge < -0.3 is 15.6 Å². The van der Waals surface area contributed by atoms with Crippen LogP contribution in [0, 0.1) is 5.41 Å². The number of carbonyl (C=O) groups excluding carboxylic acids is 2. The van der Waals surface area contributed by atoms with E-state index in [4.69, 9.17) is 5.73 Å². The van der Waals surface area contributed by atoms with E-state index < -0.39 is 11.5 Å². The zero-order valence-corrected chi connectivity index (χ0v) is 14.8. The number of ketones is 1. The van der Waals surface area contributed by atoms with Crippen LogP contribution in [0.4, 0.5) is 0 Å². The van der Waals surface area contributed by atoms with Gasteiger partial charge in [-0.05, 0) is 24.8 Å². The van der Waals surface area contributed by atoms with Crippen molar-refractivity contribution in [2.75, 3.05) is 13.6 Å². The van der Waals surface area contributed by atoms with Crippen molar-refractivity contribution in [1.29, 1.82) is 0 Å². The maximum Gasteiger partial charge on any atom is 0.261 e. The second kappa shape index (κ2) is 6.84. The highest BCUT2D eigenvalue weighted by atomic mass is 35.5. The molecule has 6 nitrogen and oxygen atoms in total. The van der Waals surface area contributed by atoms with Crippen molar-refractivity contribution in [2.24, 2.45) is 11.1 Å². The Morgan fingerprint density at radius 2 is 2.00 bits per heavy atom. The Morgan fingerprint density at radius 1 is 1.39 bits per heavy atom. The van der Waals surface area contributed by atoms with E-state index in [1.807, 2.05) is 13.8 Å². The molecule has 1 atom stereocenters. The topological polar surface area (TPSA) is 96.3 Å². The van der Waals surface area contributed by atoms with Gasteiger partial charge in [0, 0.05) is 37.3 Å². The number of nitrogens with two attached hydrogens (primary N) is 1. The first kappa shape index (κ1) is 19.4. The number of carbonyl (C=O) groups is 2. The Hall–Kier alpha value is -1.66. The fourth-order valence-electron chi connectivity index (χ4n) is 2.73. The molecule has 0 radical (unpaired) electrons. The standard InChI is InChI=1S/C16H23N3O3.ClH/c1-9(8-17)19(4)15(22)11-5-10-12(18-14(11)21)6-16(2,3)7-13(10)20;/h5,9H,6-8,17H2,1-4H3,(H,18,21);1H. The van der Waals surface area contributed by atoms with Crippen molar-refractivity contribution in [3.05, 3.63) is 33.2 Å². The summed E-state index contributed by atoms with van der Waals surface area (Å²) in [7, 11) is 1.60. The zero-order valence-electron chi connectivity index (χ0n) is 13.9. The molecular weight excluding hydrogens is 318 g/mol. The summed E-state index contributed by atoms with van der Waals surface area (Å²) in [6, 6.07) is 1.26. The lowest BCUT2D eigenvalue weighted by Crippen LogP contribution is -2.42. The second-order valence-electron chi connectivity index (χ2n) is 6.85. The van der Waals surface area contributed by atoms with Crippen molar-refractivity contribution in [2.45, 2.75) is 39.7 Å². The Balaban J connectivity index is 0.00000264. The fraction of sp³-hybridized carbons (Fsp3) is 0.562. The van der Waals surface area contributed by atoms with Crippen LogP contribution in [0.25, 0.3) is 0 Å². The van der Waals surface area contributed by atoms with E-state index in [2.05, 4.69) is 4.98 Å². The lowest BCUT2D eigenvalue weighted by Gasteiger charge is -2.30. The number of hydrogen-bond acceptors (Lipinski definition) is 4. The van der Waals surface area contributed by atoms with E-state index >= 15 is 0 Å². The van der Waals surface area contributed by atoms with Crippen molar-refractivity contribution in [3.8, 4) is 0 Å². The normalized spacial score (nSPS) is 17.0. The van der Waals surface area contributed by atoms with Gasteiger partial charge in [-0.25, -0.2) is 0 Å². The molecule has 1 amide bonds. The number of fused-ring (bicyclic) bond motifs is 1. The number of Topliss-reactive ketones (excluding diaryl/α,β-unsaturated/α-hetero) is 1. The third kappa shape index (κ3) is 3.82. The third-order valence-corrected chi connectivity index (χ3v) is 4.27. The van der Waals surface area contributed by atoms with E-state index in [1.54, 1.807) is 14.0 Å². The van der Waals surface area contributed by atoms with E-state index in [0.717, 1.165) is 0 Å². The van der Waals surface area contributed by atoms with Gasteiger partial charge in [0.15, 0.2) is 5.78 Å². The number of hydrogen-bond donors (Lipinski definition) is 2. The highest BCUT2D eigenvalue weighted by Gasteiger charge is 2.33. The summed E-state index contributed by atoms with van der Waals surface area (Å²) < 4.78 is 0. The van der Waals surface area contributed by atoms with Gasteiger partial charge in [-0.2, -0.15) is 0 Å². The van der Waals surface area contributed by atoms with Crippen LogP contribution in [-0.2, 0) is 6.42 Å². The molecule has 0 spiro atoms. The molecule has 0 aliphatic heterocycles. The van der Waals surface area contributed by atoms with Crippen molar-refractivity contribution in [3.63, 3.8) is 0 Å². The van der Waals surface area contributed by atoms with E-state index in [1.165, 1.54) is 11.0 Å². The Morgan fingerprint density at radius 3 is 2.57 bits per heavy atom. The molecule has 1 heterocycles. The molecule has 1 aromatic rings. The second-order valence-corrected chi connectivity index (χ2v) is 6.85. The number of nitrogens with one attached hydrogen (secondary N) is 1. The van der Waals surface area contributed by atoms with Gasteiger partial charge in [0.05, 0.1) is 0 Å². The third-order valence-electron chi connectivity index (χ3n) is 4.27. The van der Waals surface area contributed by atoms with Crippen LogP contribution >= 0.6 is 12.4 Å². The molecule has 1 aliphatic carbocycles. The molecule has 0 aromatic carbocycles. The molecule has 1 aromatic heterocycles. The van der Waals surface area contributed by atoms with E-state index in [9.17, 15) is 14.4 Å². The summed E-state index contributed by atoms with van der Waals surface area (Å²) in [4.78, 5) is 41.1. The van der Waals surface area contributed by atoms with E-state index in [-0.39, 0.29) is 35.2 Å². The molecule has 0 saturated carbocycles.